The van der Waals surface area contributed by atoms with Gasteiger partial charge in [-0.15, -0.1) is 0 Å². The zero-order chi connectivity index (χ0) is 22.9. The van der Waals surface area contributed by atoms with Gasteiger partial charge in [-0.25, -0.2) is 13.8 Å². The second-order valence-corrected chi connectivity index (χ2v) is 8.14. The normalized spacial score (nSPS) is 11.2. The van der Waals surface area contributed by atoms with Crippen molar-refractivity contribution < 1.29 is 13.6 Å². The highest BCUT2D eigenvalue weighted by Gasteiger charge is 2.20. The van der Waals surface area contributed by atoms with Gasteiger partial charge in [0.05, 0.1) is 17.1 Å². The van der Waals surface area contributed by atoms with Gasteiger partial charge in [0, 0.05) is 10.9 Å². The molecule has 2 N–H and O–H groups in total. The summed E-state index contributed by atoms with van der Waals surface area (Å²) in [4.78, 5) is 33.6. The number of H-pyrrole nitrogens is 1. The molecule has 5 rings (SSSR count). The van der Waals surface area contributed by atoms with E-state index in [4.69, 9.17) is 0 Å². The molecule has 2 heterocycles. The fourth-order valence-electron chi connectivity index (χ4n) is 3.56. The van der Waals surface area contributed by atoms with Gasteiger partial charge in [-0.3, -0.25) is 14.2 Å². The van der Waals surface area contributed by atoms with E-state index in [0.717, 1.165) is 27.2 Å². The van der Waals surface area contributed by atoms with E-state index in [9.17, 15) is 18.4 Å². The van der Waals surface area contributed by atoms with E-state index < -0.39 is 23.1 Å². The summed E-state index contributed by atoms with van der Waals surface area (Å²) in [6, 6.07) is 19.0. The predicted molar refractivity (Wildman–Crippen MR) is 125 cm³/mol. The number of carbonyl (C=O) groups is 1. The zero-order valence-corrected chi connectivity index (χ0v) is 17.8. The molecule has 0 atom stereocenters. The minimum atomic E-state index is -0.602. The van der Waals surface area contributed by atoms with Gasteiger partial charge in [-0.05, 0) is 30.3 Å². The van der Waals surface area contributed by atoms with Crippen LogP contribution in [0, 0.1) is 11.6 Å². The number of rotatable bonds is 5. The predicted octanol–water partition coefficient (Wildman–Crippen LogP) is 4.88. The topological polar surface area (TPSA) is 79.8 Å². The van der Waals surface area contributed by atoms with E-state index in [1.165, 1.54) is 36.4 Å². The molecule has 3 aromatic carbocycles. The third kappa shape index (κ3) is 3.87. The highest BCUT2D eigenvalue weighted by Crippen LogP contribution is 2.27. The highest BCUT2D eigenvalue weighted by atomic mass is 32.2. The van der Waals surface area contributed by atoms with E-state index in [0.29, 0.717) is 5.52 Å². The van der Waals surface area contributed by atoms with Gasteiger partial charge in [0.2, 0.25) is 5.91 Å². The molecule has 33 heavy (non-hydrogen) atoms. The number of nitrogens with zero attached hydrogens (tertiary/aromatic N) is 2. The number of hydrogen-bond donors (Lipinski definition) is 2. The van der Waals surface area contributed by atoms with Crippen molar-refractivity contribution in [3.63, 3.8) is 0 Å². The lowest BCUT2D eigenvalue weighted by Gasteiger charge is -2.13. The Morgan fingerprint density at radius 1 is 0.970 bits per heavy atom. The van der Waals surface area contributed by atoms with E-state index in [1.54, 1.807) is 12.1 Å². The molecule has 0 spiro atoms. The molecule has 0 saturated carbocycles. The van der Waals surface area contributed by atoms with Crippen LogP contribution in [0.4, 0.5) is 14.5 Å². The first-order chi connectivity index (χ1) is 16.0. The van der Waals surface area contributed by atoms with Gasteiger partial charge in [0.15, 0.2) is 5.16 Å². The number of hydrogen-bond acceptors (Lipinski definition) is 4. The average Bonchev–Trinajstić information content (AvgIpc) is 3.19. The summed E-state index contributed by atoms with van der Waals surface area (Å²) in [6.07, 6.45) is 0. The molecule has 0 unspecified atom stereocenters. The molecule has 0 aliphatic rings. The summed E-state index contributed by atoms with van der Waals surface area (Å²) in [7, 11) is 0. The summed E-state index contributed by atoms with van der Waals surface area (Å²) in [5.41, 5.74) is 0.969. The number of aromatic amines is 1. The monoisotopic (exact) mass is 462 g/mol. The van der Waals surface area contributed by atoms with E-state index >= 15 is 0 Å². The van der Waals surface area contributed by atoms with Crippen molar-refractivity contribution in [2.24, 2.45) is 0 Å². The maximum Gasteiger partial charge on any atom is 0.283 e. The molecule has 0 aliphatic heterocycles. The fourth-order valence-corrected chi connectivity index (χ4v) is 4.36. The molecule has 0 bridgehead atoms. The quantitative estimate of drug-likeness (QED) is 0.288. The number of fused-ring (bicyclic) bond motifs is 3. The first-order valence-electron chi connectivity index (χ1n) is 9.98. The number of para-hydroxylation sites is 3. The van der Waals surface area contributed by atoms with Crippen molar-refractivity contribution in [2.45, 2.75) is 5.16 Å². The molecule has 164 valence electrons. The highest BCUT2D eigenvalue weighted by molar-refractivity contribution is 7.99. The summed E-state index contributed by atoms with van der Waals surface area (Å²) in [5.74, 6) is -1.81. The summed E-state index contributed by atoms with van der Waals surface area (Å²) < 4.78 is 29.6. The summed E-state index contributed by atoms with van der Waals surface area (Å²) in [5, 5.41) is 3.38. The minimum Gasteiger partial charge on any atom is -0.349 e. The smallest absolute Gasteiger partial charge is 0.283 e. The molecular weight excluding hydrogens is 446 g/mol. The Morgan fingerprint density at radius 2 is 1.67 bits per heavy atom. The van der Waals surface area contributed by atoms with Crippen LogP contribution in [0.2, 0.25) is 0 Å². The fraction of sp³-hybridized carbons (Fsp3) is 0.0417. The molecule has 6 nitrogen and oxygen atoms in total. The molecule has 0 saturated heterocycles. The Bertz CT molecular complexity index is 1580. The van der Waals surface area contributed by atoms with Gasteiger partial charge >= 0.3 is 0 Å². The number of aromatic nitrogens is 3. The van der Waals surface area contributed by atoms with Crippen LogP contribution in [-0.2, 0) is 4.79 Å². The van der Waals surface area contributed by atoms with Crippen LogP contribution in [0.15, 0.2) is 82.7 Å². The maximum absolute atomic E-state index is 14.6. The molecular formula is C24H16F2N4O2S. The van der Waals surface area contributed by atoms with Crippen molar-refractivity contribution in [3.05, 3.63) is 94.8 Å². The van der Waals surface area contributed by atoms with Gasteiger partial charge in [0.25, 0.3) is 5.56 Å². The lowest BCUT2D eigenvalue weighted by Crippen LogP contribution is -2.23. The largest absolute Gasteiger partial charge is 0.349 e. The van der Waals surface area contributed by atoms with E-state index in [1.807, 2.05) is 24.3 Å². The number of thioether (sulfide) groups is 1. The Morgan fingerprint density at radius 3 is 2.45 bits per heavy atom. The van der Waals surface area contributed by atoms with Crippen molar-refractivity contribution >= 4 is 45.3 Å². The number of nitrogens with one attached hydrogen (secondary N) is 2. The van der Waals surface area contributed by atoms with Crippen LogP contribution in [0.3, 0.4) is 0 Å². The second kappa shape index (κ2) is 8.51. The molecule has 1 amide bonds. The van der Waals surface area contributed by atoms with Crippen molar-refractivity contribution in [3.8, 4) is 5.69 Å². The Kier molecular flexibility index (Phi) is 5.39. The molecule has 0 fully saturated rings. The van der Waals surface area contributed by atoms with Gasteiger partial charge < -0.3 is 10.3 Å². The molecule has 5 aromatic rings. The van der Waals surface area contributed by atoms with Crippen LogP contribution in [0.5, 0.6) is 0 Å². The third-order valence-corrected chi connectivity index (χ3v) is 6.01. The number of amides is 1. The molecule has 2 aromatic heterocycles. The molecule has 9 heteroatoms. The van der Waals surface area contributed by atoms with Gasteiger partial charge in [-0.1, -0.05) is 54.2 Å². The van der Waals surface area contributed by atoms with Gasteiger partial charge in [-0.2, -0.15) is 0 Å². The first-order valence-corrected chi connectivity index (χ1v) is 11.0. The van der Waals surface area contributed by atoms with Crippen molar-refractivity contribution in [1.82, 2.24) is 14.5 Å². The summed E-state index contributed by atoms with van der Waals surface area (Å²) >= 11 is 0.962. The first kappa shape index (κ1) is 20.9. The SMILES string of the molecule is O=C(CSc1nc2c([nH]c3ccccc32)c(=O)n1-c1ccccc1F)Nc1ccccc1F. The van der Waals surface area contributed by atoms with Crippen molar-refractivity contribution in [2.75, 3.05) is 11.1 Å². The molecule has 0 aliphatic carbocycles. The average molecular weight is 462 g/mol. The Balaban J connectivity index is 1.59. The van der Waals surface area contributed by atoms with Crippen LogP contribution in [0.25, 0.3) is 27.6 Å². The van der Waals surface area contributed by atoms with Crippen LogP contribution in [0.1, 0.15) is 0 Å². The number of benzene rings is 3. The zero-order valence-electron chi connectivity index (χ0n) is 17.0. The standard InChI is InChI=1S/C24H16F2N4O2S/c25-15-8-2-5-11-18(15)27-20(31)13-33-24-29-21-14-7-1-4-10-17(14)28-22(21)23(32)30(24)19-12-6-3-9-16(19)26/h1-12,28H,13H2,(H,27,31). The molecule has 0 radical (unpaired) electrons. The van der Waals surface area contributed by atoms with Gasteiger partial charge in [0.1, 0.15) is 22.7 Å². The maximum atomic E-state index is 14.6. The Labute approximate surface area is 190 Å². The lowest BCUT2D eigenvalue weighted by atomic mass is 10.2. The second-order valence-electron chi connectivity index (χ2n) is 7.20. The van der Waals surface area contributed by atoms with Crippen molar-refractivity contribution in [1.29, 1.82) is 0 Å². The van der Waals surface area contributed by atoms with Crippen LogP contribution >= 0.6 is 11.8 Å². The van der Waals surface area contributed by atoms with E-state index in [2.05, 4.69) is 15.3 Å². The minimum absolute atomic E-state index is 0.0209. The van der Waals surface area contributed by atoms with Crippen LogP contribution < -0.4 is 10.9 Å². The number of carbonyl (C=O) groups excluding carboxylic acids is 1. The lowest BCUT2D eigenvalue weighted by molar-refractivity contribution is -0.113. The summed E-state index contributed by atoms with van der Waals surface area (Å²) in [6.45, 7) is 0. The third-order valence-electron chi connectivity index (χ3n) is 5.07. The number of anilines is 1. The Hall–Kier alpha value is -3.98. The van der Waals surface area contributed by atoms with Crippen LogP contribution in [-0.4, -0.2) is 26.2 Å². The number of halogens is 2. The van der Waals surface area contributed by atoms with E-state index in [-0.39, 0.29) is 27.8 Å².